The standard InChI is InChI=1S/C13H26N2O/c1-13(2,3)9-12(16)15(4)10-11-7-5-6-8-14-11/h11,14H,5-10H2,1-4H3. The van der Waals surface area contributed by atoms with E-state index in [0.29, 0.717) is 12.5 Å². The highest BCUT2D eigenvalue weighted by Gasteiger charge is 2.21. The smallest absolute Gasteiger partial charge is 0.222 e. The average molecular weight is 226 g/mol. The van der Waals surface area contributed by atoms with Crippen LogP contribution in [0, 0.1) is 5.41 Å². The molecule has 3 heteroatoms. The van der Waals surface area contributed by atoms with Crippen molar-refractivity contribution in [1.82, 2.24) is 10.2 Å². The summed E-state index contributed by atoms with van der Waals surface area (Å²) in [4.78, 5) is 13.8. The molecule has 94 valence electrons. The van der Waals surface area contributed by atoms with Crippen LogP contribution >= 0.6 is 0 Å². The molecule has 16 heavy (non-hydrogen) atoms. The average Bonchev–Trinajstić information content (AvgIpc) is 2.16. The van der Waals surface area contributed by atoms with Gasteiger partial charge in [-0.3, -0.25) is 4.79 Å². The Bertz CT molecular complexity index is 227. The highest BCUT2D eigenvalue weighted by Crippen LogP contribution is 2.19. The first-order valence-corrected chi connectivity index (χ1v) is 6.36. The summed E-state index contributed by atoms with van der Waals surface area (Å²) in [6.07, 6.45) is 4.40. The Balaban J connectivity index is 2.33. The van der Waals surface area contributed by atoms with Gasteiger partial charge in [0.15, 0.2) is 0 Å². The fraction of sp³-hybridized carbons (Fsp3) is 0.923. The molecule has 1 aliphatic rings. The van der Waals surface area contributed by atoms with Crippen molar-refractivity contribution < 1.29 is 4.79 Å². The second-order valence-corrected chi connectivity index (χ2v) is 6.16. The second kappa shape index (κ2) is 5.67. The maximum absolute atomic E-state index is 11.9. The molecule has 0 radical (unpaired) electrons. The Morgan fingerprint density at radius 3 is 2.56 bits per heavy atom. The van der Waals surface area contributed by atoms with E-state index >= 15 is 0 Å². The van der Waals surface area contributed by atoms with Crippen molar-refractivity contribution >= 4 is 5.91 Å². The SMILES string of the molecule is CN(CC1CCCCN1)C(=O)CC(C)(C)C. The Morgan fingerprint density at radius 1 is 1.38 bits per heavy atom. The number of nitrogens with zero attached hydrogens (tertiary/aromatic N) is 1. The van der Waals surface area contributed by atoms with Crippen molar-refractivity contribution in [2.75, 3.05) is 20.1 Å². The molecule has 1 N–H and O–H groups in total. The molecule has 0 bridgehead atoms. The van der Waals surface area contributed by atoms with Crippen molar-refractivity contribution in [2.24, 2.45) is 5.41 Å². The molecule has 1 atom stereocenters. The van der Waals surface area contributed by atoms with Crippen LogP contribution in [0.25, 0.3) is 0 Å². The first-order valence-electron chi connectivity index (χ1n) is 6.36. The molecule has 0 spiro atoms. The van der Waals surface area contributed by atoms with E-state index in [1.807, 2.05) is 11.9 Å². The van der Waals surface area contributed by atoms with Crippen LogP contribution in [-0.4, -0.2) is 37.0 Å². The van der Waals surface area contributed by atoms with E-state index in [4.69, 9.17) is 0 Å². The number of amides is 1. The van der Waals surface area contributed by atoms with Gasteiger partial charge in [0.05, 0.1) is 0 Å². The van der Waals surface area contributed by atoms with Crippen molar-refractivity contribution in [2.45, 2.75) is 52.5 Å². The summed E-state index contributed by atoms with van der Waals surface area (Å²) in [6.45, 7) is 8.29. The zero-order chi connectivity index (χ0) is 12.2. The Hall–Kier alpha value is -0.570. The van der Waals surface area contributed by atoms with Gasteiger partial charge < -0.3 is 10.2 Å². The van der Waals surface area contributed by atoms with E-state index in [1.165, 1.54) is 19.3 Å². The minimum Gasteiger partial charge on any atom is -0.344 e. The Morgan fingerprint density at radius 2 is 2.06 bits per heavy atom. The number of hydrogen-bond donors (Lipinski definition) is 1. The van der Waals surface area contributed by atoms with Gasteiger partial charge in [-0.1, -0.05) is 27.2 Å². The monoisotopic (exact) mass is 226 g/mol. The normalized spacial score (nSPS) is 21.9. The fourth-order valence-corrected chi connectivity index (χ4v) is 2.10. The quantitative estimate of drug-likeness (QED) is 0.798. The van der Waals surface area contributed by atoms with Crippen molar-refractivity contribution in [3.8, 4) is 0 Å². The molecule has 1 saturated heterocycles. The highest BCUT2D eigenvalue weighted by molar-refractivity contribution is 5.76. The van der Waals surface area contributed by atoms with Crippen LogP contribution in [0.4, 0.5) is 0 Å². The molecule has 1 unspecified atom stereocenters. The lowest BCUT2D eigenvalue weighted by Crippen LogP contribution is -2.44. The molecule has 0 aromatic heterocycles. The third kappa shape index (κ3) is 4.97. The van der Waals surface area contributed by atoms with E-state index < -0.39 is 0 Å². The van der Waals surface area contributed by atoms with Crippen molar-refractivity contribution in [3.05, 3.63) is 0 Å². The maximum Gasteiger partial charge on any atom is 0.222 e. The summed E-state index contributed by atoms with van der Waals surface area (Å²) in [5.41, 5.74) is 0.0886. The topological polar surface area (TPSA) is 32.3 Å². The van der Waals surface area contributed by atoms with Gasteiger partial charge in [-0.25, -0.2) is 0 Å². The summed E-state index contributed by atoms with van der Waals surface area (Å²) in [7, 11) is 1.92. The summed E-state index contributed by atoms with van der Waals surface area (Å²) in [5, 5.41) is 3.47. The molecule has 1 fully saturated rings. The Labute approximate surface area is 99.6 Å². The van der Waals surface area contributed by atoms with Crippen LogP contribution in [0.5, 0.6) is 0 Å². The summed E-state index contributed by atoms with van der Waals surface area (Å²) in [5.74, 6) is 0.264. The zero-order valence-electron chi connectivity index (χ0n) is 11.2. The first kappa shape index (κ1) is 13.5. The summed E-state index contributed by atoms with van der Waals surface area (Å²) >= 11 is 0. The minimum atomic E-state index is 0.0886. The predicted molar refractivity (Wildman–Crippen MR) is 67.4 cm³/mol. The van der Waals surface area contributed by atoms with Crippen LogP contribution in [-0.2, 0) is 4.79 Å². The number of likely N-dealkylation sites (N-methyl/N-ethyl adjacent to an activating group) is 1. The highest BCUT2D eigenvalue weighted by atomic mass is 16.2. The van der Waals surface area contributed by atoms with Crippen molar-refractivity contribution in [1.29, 1.82) is 0 Å². The Kier molecular flexibility index (Phi) is 4.78. The van der Waals surface area contributed by atoms with Crippen molar-refractivity contribution in [3.63, 3.8) is 0 Å². The largest absolute Gasteiger partial charge is 0.344 e. The van der Waals surface area contributed by atoms with Crippen LogP contribution in [0.1, 0.15) is 46.5 Å². The number of nitrogens with one attached hydrogen (secondary N) is 1. The van der Waals surface area contributed by atoms with Crippen LogP contribution in [0.2, 0.25) is 0 Å². The summed E-state index contributed by atoms with van der Waals surface area (Å²) in [6, 6.07) is 0.502. The second-order valence-electron chi connectivity index (χ2n) is 6.16. The maximum atomic E-state index is 11.9. The molecule has 0 aliphatic carbocycles. The van der Waals surface area contributed by atoms with E-state index in [1.54, 1.807) is 0 Å². The van der Waals surface area contributed by atoms with Gasteiger partial charge in [0.2, 0.25) is 5.91 Å². The first-order chi connectivity index (χ1) is 7.38. The van der Waals surface area contributed by atoms with Gasteiger partial charge in [-0.15, -0.1) is 0 Å². The third-order valence-corrected chi connectivity index (χ3v) is 3.01. The molecule has 1 amide bonds. The van der Waals surface area contributed by atoms with E-state index in [9.17, 15) is 4.79 Å². The molecule has 3 nitrogen and oxygen atoms in total. The lowest BCUT2D eigenvalue weighted by molar-refractivity contribution is -0.132. The van der Waals surface area contributed by atoms with Gasteiger partial charge in [-0.05, 0) is 24.8 Å². The lowest BCUT2D eigenvalue weighted by atomic mass is 9.91. The number of piperidine rings is 1. The van der Waals surface area contributed by atoms with Crippen LogP contribution in [0.15, 0.2) is 0 Å². The number of carbonyl (C=O) groups excluding carboxylic acids is 1. The van der Waals surface area contributed by atoms with Gasteiger partial charge in [0.25, 0.3) is 0 Å². The summed E-state index contributed by atoms with van der Waals surface area (Å²) < 4.78 is 0. The van der Waals surface area contributed by atoms with E-state index in [2.05, 4.69) is 26.1 Å². The van der Waals surface area contributed by atoms with Gasteiger partial charge in [0, 0.05) is 26.1 Å². The fourth-order valence-electron chi connectivity index (χ4n) is 2.10. The van der Waals surface area contributed by atoms with E-state index in [0.717, 1.165) is 13.1 Å². The molecule has 0 aromatic carbocycles. The van der Waals surface area contributed by atoms with Gasteiger partial charge >= 0.3 is 0 Å². The number of rotatable bonds is 3. The molecular formula is C13H26N2O. The zero-order valence-corrected chi connectivity index (χ0v) is 11.2. The van der Waals surface area contributed by atoms with Gasteiger partial charge in [-0.2, -0.15) is 0 Å². The molecular weight excluding hydrogens is 200 g/mol. The molecule has 0 saturated carbocycles. The van der Waals surface area contributed by atoms with Crippen LogP contribution in [0.3, 0.4) is 0 Å². The van der Waals surface area contributed by atoms with E-state index in [-0.39, 0.29) is 11.3 Å². The molecule has 1 aliphatic heterocycles. The molecule has 1 heterocycles. The molecule has 1 rings (SSSR count). The van der Waals surface area contributed by atoms with Crippen LogP contribution < -0.4 is 5.32 Å². The minimum absolute atomic E-state index is 0.0886. The number of carbonyl (C=O) groups is 1. The number of hydrogen-bond acceptors (Lipinski definition) is 2. The third-order valence-electron chi connectivity index (χ3n) is 3.01. The predicted octanol–water partition coefficient (Wildman–Crippen LogP) is 2.02. The van der Waals surface area contributed by atoms with Gasteiger partial charge in [0.1, 0.15) is 0 Å². The molecule has 0 aromatic rings. The lowest BCUT2D eigenvalue weighted by Gasteiger charge is -2.29.